The van der Waals surface area contributed by atoms with Crippen LogP contribution in [-0.2, 0) is 0 Å². The van der Waals surface area contributed by atoms with Crippen LogP contribution in [0.4, 0.5) is 0 Å². The van der Waals surface area contributed by atoms with Crippen LogP contribution < -0.4 is 9.47 Å². The predicted molar refractivity (Wildman–Crippen MR) is 100 cm³/mol. The topological polar surface area (TPSA) is 52.6 Å². The summed E-state index contributed by atoms with van der Waals surface area (Å²) in [6.45, 7) is 0. The minimum absolute atomic E-state index is 0. The van der Waals surface area contributed by atoms with Gasteiger partial charge in [0.15, 0.2) is 0 Å². The summed E-state index contributed by atoms with van der Waals surface area (Å²) in [5.74, 6) is -0.397. The summed E-state index contributed by atoms with van der Waals surface area (Å²) in [6, 6.07) is 23.8. The lowest BCUT2D eigenvalue weighted by molar-refractivity contribution is 0.0692. The molecule has 3 aromatic carbocycles. The molecule has 0 aliphatic heterocycles. The normalized spacial score (nSPS) is 9.60. The Balaban J connectivity index is 0.00000225. The molecule has 0 heterocycles. The second-order valence-electron chi connectivity index (χ2n) is 4.95. The van der Waals surface area contributed by atoms with Crippen molar-refractivity contribution in [2.75, 3.05) is 0 Å². The van der Waals surface area contributed by atoms with Gasteiger partial charge in [0.25, 0.3) is 0 Å². The highest BCUT2D eigenvalue weighted by molar-refractivity contribution is 6.92. The zero-order valence-electron chi connectivity index (χ0n) is 13.4. The third kappa shape index (κ3) is 4.75. The van der Waals surface area contributed by atoms with Gasteiger partial charge in [-0.1, -0.05) is 48.5 Å². The number of carbonyl (C=O) groups is 2. The molecule has 0 spiro atoms. The van der Waals surface area contributed by atoms with Crippen LogP contribution in [-0.4, -0.2) is 11.9 Å². The Kier molecular flexibility index (Phi) is 6.44. The minimum Gasteiger partial charge on any atom is -0.423 e. The Morgan fingerprint density at radius 2 is 0.840 bits per heavy atom. The van der Waals surface area contributed by atoms with Gasteiger partial charge < -0.3 is 9.47 Å². The van der Waals surface area contributed by atoms with Crippen molar-refractivity contribution in [1.82, 2.24) is 0 Å². The number of esters is 2. The van der Waals surface area contributed by atoms with Crippen LogP contribution in [0.2, 0.25) is 0 Å². The van der Waals surface area contributed by atoms with E-state index >= 15 is 0 Å². The van der Waals surface area contributed by atoms with Gasteiger partial charge in [-0.25, -0.2) is 9.59 Å². The molecule has 0 aromatic heterocycles. The SMILES string of the molecule is O=C(Oc1ccccc1)c1ccccc1C(=O)Oc1ccccc1.P. The van der Waals surface area contributed by atoms with Gasteiger partial charge in [0.2, 0.25) is 0 Å². The second-order valence-corrected chi connectivity index (χ2v) is 4.95. The van der Waals surface area contributed by atoms with Crippen LogP contribution in [0.25, 0.3) is 0 Å². The van der Waals surface area contributed by atoms with E-state index in [1.807, 2.05) is 12.1 Å². The molecular weight excluding hydrogens is 335 g/mol. The number of para-hydroxylation sites is 2. The quantitative estimate of drug-likeness (QED) is 0.401. The molecule has 3 aromatic rings. The van der Waals surface area contributed by atoms with Crippen molar-refractivity contribution in [1.29, 1.82) is 0 Å². The van der Waals surface area contributed by atoms with Gasteiger partial charge in [0.05, 0.1) is 11.1 Å². The summed E-state index contributed by atoms with van der Waals surface area (Å²) in [5, 5.41) is 0. The number of ether oxygens (including phenoxy) is 2. The second kappa shape index (κ2) is 8.76. The monoisotopic (exact) mass is 352 g/mol. The number of hydrogen-bond acceptors (Lipinski definition) is 4. The van der Waals surface area contributed by atoms with Crippen molar-refractivity contribution >= 4 is 21.8 Å². The molecule has 0 saturated heterocycles. The van der Waals surface area contributed by atoms with Crippen LogP contribution in [0.1, 0.15) is 20.7 Å². The van der Waals surface area contributed by atoms with Crippen molar-refractivity contribution in [2.24, 2.45) is 0 Å². The largest absolute Gasteiger partial charge is 0.423 e. The summed E-state index contributed by atoms with van der Waals surface area (Å²) in [5.41, 5.74) is 0.310. The summed E-state index contributed by atoms with van der Waals surface area (Å²) in [4.78, 5) is 24.7. The zero-order valence-corrected chi connectivity index (χ0v) is 14.8. The van der Waals surface area contributed by atoms with Crippen LogP contribution in [0.5, 0.6) is 11.5 Å². The van der Waals surface area contributed by atoms with Crippen LogP contribution >= 0.6 is 9.90 Å². The fraction of sp³-hybridized carbons (Fsp3) is 0. The Bertz CT molecular complexity index is 775. The lowest BCUT2D eigenvalue weighted by atomic mass is 10.1. The van der Waals surface area contributed by atoms with Gasteiger partial charge in [-0.15, -0.1) is 0 Å². The molecule has 0 aliphatic rings. The fourth-order valence-electron chi connectivity index (χ4n) is 2.14. The van der Waals surface area contributed by atoms with Gasteiger partial charge in [-0.05, 0) is 36.4 Å². The third-order valence-electron chi connectivity index (χ3n) is 3.27. The van der Waals surface area contributed by atoms with Gasteiger partial charge in [-0.2, -0.15) is 9.90 Å². The average molecular weight is 352 g/mol. The van der Waals surface area contributed by atoms with E-state index in [4.69, 9.17) is 9.47 Å². The summed E-state index contributed by atoms with van der Waals surface area (Å²) >= 11 is 0. The molecule has 3 rings (SSSR count). The molecule has 0 radical (unpaired) electrons. The third-order valence-corrected chi connectivity index (χ3v) is 3.27. The van der Waals surface area contributed by atoms with Gasteiger partial charge in [0.1, 0.15) is 11.5 Å². The average Bonchev–Trinajstić information content (AvgIpc) is 2.63. The Morgan fingerprint density at radius 3 is 1.20 bits per heavy atom. The van der Waals surface area contributed by atoms with E-state index in [0.29, 0.717) is 11.5 Å². The summed E-state index contributed by atoms with van der Waals surface area (Å²) in [7, 11) is 0. The maximum absolute atomic E-state index is 12.4. The molecule has 4 nitrogen and oxygen atoms in total. The summed E-state index contributed by atoms with van der Waals surface area (Å²) in [6.07, 6.45) is 0. The van der Waals surface area contributed by atoms with E-state index in [1.165, 1.54) is 12.1 Å². The van der Waals surface area contributed by atoms with E-state index in [2.05, 4.69) is 0 Å². The van der Waals surface area contributed by atoms with Gasteiger partial charge >= 0.3 is 11.9 Å². The first kappa shape index (κ1) is 18.4. The first-order valence-corrected chi connectivity index (χ1v) is 7.37. The molecule has 1 atom stereocenters. The molecule has 0 saturated carbocycles. The standard InChI is InChI=1S/C20H14O4.H3P/c21-19(23-15-9-3-1-4-10-15)17-13-7-8-14-18(17)20(22)24-16-11-5-2-6-12-16;/h1-14H;1H3. The number of carbonyl (C=O) groups excluding carboxylic acids is 2. The van der Waals surface area contributed by atoms with Crippen molar-refractivity contribution in [3.05, 3.63) is 96.1 Å². The fourth-order valence-corrected chi connectivity index (χ4v) is 2.14. The molecule has 5 heteroatoms. The lowest BCUT2D eigenvalue weighted by Gasteiger charge is -2.09. The maximum Gasteiger partial charge on any atom is 0.344 e. The molecule has 126 valence electrons. The number of hydrogen-bond donors (Lipinski definition) is 0. The van der Waals surface area contributed by atoms with Crippen LogP contribution in [0.3, 0.4) is 0 Å². The van der Waals surface area contributed by atoms with E-state index in [9.17, 15) is 9.59 Å². The minimum atomic E-state index is -0.609. The number of benzene rings is 3. The van der Waals surface area contributed by atoms with E-state index in [1.54, 1.807) is 60.7 Å². The molecule has 0 aliphatic carbocycles. The van der Waals surface area contributed by atoms with E-state index in [0.717, 1.165) is 0 Å². The Morgan fingerprint density at radius 1 is 0.520 bits per heavy atom. The molecular formula is C20H17O4P. The highest BCUT2D eigenvalue weighted by Crippen LogP contribution is 2.17. The number of rotatable bonds is 4. The van der Waals surface area contributed by atoms with Crippen molar-refractivity contribution in [2.45, 2.75) is 0 Å². The van der Waals surface area contributed by atoms with E-state index in [-0.39, 0.29) is 21.0 Å². The van der Waals surface area contributed by atoms with Crippen molar-refractivity contribution in [3.8, 4) is 11.5 Å². The van der Waals surface area contributed by atoms with E-state index < -0.39 is 11.9 Å². The molecule has 0 fully saturated rings. The molecule has 1 unspecified atom stereocenters. The highest BCUT2D eigenvalue weighted by atomic mass is 31.0. The van der Waals surface area contributed by atoms with Crippen LogP contribution in [0, 0.1) is 0 Å². The molecule has 25 heavy (non-hydrogen) atoms. The van der Waals surface area contributed by atoms with Gasteiger partial charge in [0, 0.05) is 0 Å². The smallest absolute Gasteiger partial charge is 0.344 e. The Labute approximate surface area is 149 Å². The molecule has 0 bridgehead atoms. The van der Waals surface area contributed by atoms with Crippen molar-refractivity contribution in [3.63, 3.8) is 0 Å². The first-order chi connectivity index (χ1) is 11.7. The Hall–Kier alpha value is -2.97. The highest BCUT2D eigenvalue weighted by Gasteiger charge is 2.20. The first-order valence-electron chi connectivity index (χ1n) is 7.37. The predicted octanol–water partition coefficient (Wildman–Crippen LogP) is 4.18. The van der Waals surface area contributed by atoms with Crippen molar-refractivity contribution < 1.29 is 19.1 Å². The molecule has 0 amide bonds. The van der Waals surface area contributed by atoms with Gasteiger partial charge in [-0.3, -0.25) is 0 Å². The van der Waals surface area contributed by atoms with Crippen LogP contribution in [0.15, 0.2) is 84.9 Å². The lowest BCUT2D eigenvalue weighted by Crippen LogP contribution is -2.17. The summed E-state index contributed by atoms with van der Waals surface area (Å²) < 4.78 is 10.6. The maximum atomic E-state index is 12.4. The zero-order chi connectivity index (χ0) is 16.8. The molecule has 0 N–H and O–H groups in total.